The van der Waals surface area contributed by atoms with E-state index in [1.807, 2.05) is 19.1 Å². The number of nitrogens with zero attached hydrogens (tertiary/aromatic N) is 2. The van der Waals surface area contributed by atoms with Gasteiger partial charge in [0.15, 0.2) is 5.82 Å². The van der Waals surface area contributed by atoms with E-state index in [1.165, 1.54) is 16.4 Å². The van der Waals surface area contributed by atoms with E-state index in [2.05, 4.69) is 9.97 Å². The highest BCUT2D eigenvalue weighted by molar-refractivity contribution is 7.89. The monoisotopic (exact) mass is 417 g/mol. The first kappa shape index (κ1) is 19.7. The average molecular weight is 417 g/mol. The molecular formula is C20H22FN4O3S+. The Bertz CT molecular complexity index is 1190. The number of nitrogens with one attached hydrogen (secondary N) is 2. The van der Waals surface area contributed by atoms with Crippen LogP contribution in [0, 0.1) is 5.82 Å². The van der Waals surface area contributed by atoms with Crippen LogP contribution in [-0.4, -0.2) is 48.9 Å². The van der Waals surface area contributed by atoms with Crippen molar-refractivity contribution in [3.05, 3.63) is 70.5 Å². The molecule has 1 aromatic heterocycles. The molecule has 1 fully saturated rings. The SMILES string of the molecule is C[C@H](c1nc2ccccc2c(=O)[nH]1)[NH+]1CCN(S(=O)(=O)c2ccc(F)cc2)CC1. The molecule has 0 spiro atoms. The number of hydrogen-bond acceptors (Lipinski definition) is 4. The van der Waals surface area contributed by atoms with E-state index in [0.29, 0.717) is 42.9 Å². The van der Waals surface area contributed by atoms with Gasteiger partial charge in [0.2, 0.25) is 10.0 Å². The maximum atomic E-state index is 13.1. The number of fused-ring (bicyclic) bond motifs is 1. The lowest BCUT2D eigenvalue weighted by Gasteiger charge is -2.34. The van der Waals surface area contributed by atoms with Gasteiger partial charge in [-0.2, -0.15) is 4.31 Å². The Labute approximate surface area is 167 Å². The van der Waals surface area contributed by atoms with Gasteiger partial charge < -0.3 is 9.88 Å². The molecule has 0 saturated carbocycles. The van der Waals surface area contributed by atoms with Crippen LogP contribution in [-0.2, 0) is 10.0 Å². The smallest absolute Gasteiger partial charge is 0.258 e. The molecule has 0 aliphatic carbocycles. The Morgan fingerprint density at radius 1 is 1.10 bits per heavy atom. The molecule has 1 aliphatic heterocycles. The van der Waals surface area contributed by atoms with Gasteiger partial charge in [-0.3, -0.25) is 4.79 Å². The van der Waals surface area contributed by atoms with Crippen molar-refractivity contribution < 1.29 is 17.7 Å². The zero-order valence-corrected chi connectivity index (χ0v) is 16.7. The summed E-state index contributed by atoms with van der Waals surface area (Å²) in [6, 6.07) is 12.0. The van der Waals surface area contributed by atoms with Crippen LogP contribution in [0.5, 0.6) is 0 Å². The first-order chi connectivity index (χ1) is 13.9. The summed E-state index contributed by atoms with van der Waals surface area (Å²) in [7, 11) is -3.65. The number of benzene rings is 2. The van der Waals surface area contributed by atoms with Gasteiger partial charge in [-0.1, -0.05) is 12.1 Å². The molecule has 0 amide bonds. The number of rotatable bonds is 4. The molecule has 29 heavy (non-hydrogen) atoms. The Morgan fingerprint density at radius 3 is 2.45 bits per heavy atom. The minimum atomic E-state index is -3.65. The van der Waals surface area contributed by atoms with Gasteiger partial charge in [0, 0.05) is 0 Å². The number of quaternary nitrogens is 1. The van der Waals surface area contributed by atoms with Crippen LogP contribution in [0.4, 0.5) is 4.39 Å². The molecule has 7 nitrogen and oxygen atoms in total. The number of piperazine rings is 1. The van der Waals surface area contributed by atoms with Crippen molar-refractivity contribution in [2.75, 3.05) is 26.2 Å². The van der Waals surface area contributed by atoms with Crippen molar-refractivity contribution in [3.63, 3.8) is 0 Å². The van der Waals surface area contributed by atoms with Crippen molar-refractivity contribution >= 4 is 20.9 Å². The van der Waals surface area contributed by atoms with Crippen LogP contribution in [0.25, 0.3) is 10.9 Å². The lowest BCUT2D eigenvalue weighted by Crippen LogP contribution is -3.14. The summed E-state index contributed by atoms with van der Waals surface area (Å²) >= 11 is 0. The van der Waals surface area contributed by atoms with Crippen molar-refractivity contribution in [3.8, 4) is 0 Å². The lowest BCUT2D eigenvalue weighted by atomic mass is 10.2. The molecule has 3 aromatic rings. The first-order valence-corrected chi connectivity index (χ1v) is 10.9. The zero-order valence-electron chi connectivity index (χ0n) is 15.9. The second kappa shape index (κ2) is 7.66. The third kappa shape index (κ3) is 3.81. The molecule has 4 rings (SSSR count). The van der Waals surface area contributed by atoms with Crippen LogP contribution < -0.4 is 10.5 Å². The fourth-order valence-corrected chi connectivity index (χ4v) is 5.15. The van der Waals surface area contributed by atoms with E-state index < -0.39 is 15.8 Å². The Balaban J connectivity index is 1.49. The van der Waals surface area contributed by atoms with Gasteiger partial charge in [0.25, 0.3) is 5.56 Å². The molecule has 0 bridgehead atoms. The summed E-state index contributed by atoms with van der Waals surface area (Å²) < 4.78 is 40.1. The highest BCUT2D eigenvalue weighted by atomic mass is 32.2. The van der Waals surface area contributed by atoms with Gasteiger partial charge in [-0.15, -0.1) is 0 Å². The fourth-order valence-electron chi connectivity index (χ4n) is 3.71. The fraction of sp³-hybridized carbons (Fsp3) is 0.300. The summed E-state index contributed by atoms with van der Waals surface area (Å²) in [5.41, 5.74) is 0.476. The molecule has 2 N–H and O–H groups in total. The van der Waals surface area contributed by atoms with E-state index in [0.717, 1.165) is 17.0 Å². The molecule has 152 valence electrons. The number of para-hydroxylation sites is 1. The van der Waals surface area contributed by atoms with Gasteiger partial charge in [0.05, 0.1) is 42.0 Å². The minimum Gasteiger partial charge on any atom is -0.324 e. The molecule has 9 heteroatoms. The van der Waals surface area contributed by atoms with Crippen molar-refractivity contribution in [1.29, 1.82) is 0 Å². The lowest BCUT2D eigenvalue weighted by molar-refractivity contribution is -0.933. The second-order valence-corrected chi connectivity index (χ2v) is 9.14. The number of H-pyrrole nitrogens is 1. The predicted octanol–water partition coefficient (Wildman–Crippen LogP) is 0.713. The molecule has 0 unspecified atom stereocenters. The number of hydrogen-bond donors (Lipinski definition) is 2. The number of sulfonamides is 1. The predicted molar refractivity (Wildman–Crippen MR) is 107 cm³/mol. The molecular weight excluding hydrogens is 395 g/mol. The summed E-state index contributed by atoms with van der Waals surface area (Å²) in [4.78, 5) is 21.0. The third-order valence-corrected chi connectivity index (χ3v) is 7.38. The van der Waals surface area contributed by atoms with Gasteiger partial charge in [-0.05, 0) is 43.3 Å². The Kier molecular flexibility index (Phi) is 5.20. The van der Waals surface area contributed by atoms with Crippen LogP contribution in [0.1, 0.15) is 18.8 Å². The van der Waals surface area contributed by atoms with E-state index in [1.54, 1.807) is 12.1 Å². The average Bonchev–Trinajstić information content (AvgIpc) is 2.73. The highest BCUT2D eigenvalue weighted by Gasteiger charge is 2.33. The van der Waals surface area contributed by atoms with E-state index >= 15 is 0 Å². The molecule has 1 saturated heterocycles. The van der Waals surface area contributed by atoms with Crippen molar-refractivity contribution in [2.24, 2.45) is 0 Å². The van der Waals surface area contributed by atoms with Gasteiger partial charge >= 0.3 is 0 Å². The summed E-state index contributed by atoms with van der Waals surface area (Å²) in [6.45, 7) is 3.83. The van der Waals surface area contributed by atoms with Crippen molar-refractivity contribution in [2.45, 2.75) is 17.9 Å². The highest BCUT2D eigenvalue weighted by Crippen LogP contribution is 2.16. The molecule has 2 aromatic carbocycles. The van der Waals surface area contributed by atoms with Gasteiger partial charge in [0.1, 0.15) is 11.9 Å². The normalized spacial score (nSPS) is 17.4. The third-order valence-electron chi connectivity index (χ3n) is 5.47. The second-order valence-electron chi connectivity index (χ2n) is 7.21. The summed E-state index contributed by atoms with van der Waals surface area (Å²) in [6.07, 6.45) is 0. The van der Waals surface area contributed by atoms with Crippen LogP contribution >= 0.6 is 0 Å². The van der Waals surface area contributed by atoms with Crippen LogP contribution in [0.2, 0.25) is 0 Å². The molecule has 1 aliphatic rings. The first-order valence-electron chi connectivity index (χ1n) is 9.45. The van der Waals surface area contributed by atoms with Gasteiger partial charge in [-0.25, -0.2) is 17.8 Å². The van der Waals surface area contributed by atoms with Crippen LogP contribution in [0.3, 0.4) is 0 Å². The quantitative estimate of drug-likeness (QED) is 0.655. The Morgan fingerprint density at radius 2 is 1.76 bits per heavy atom. The molecule has 2 heterocycles. The zero-order chi connectivity index (χ0) is 20.6. The van der Waals surface area contributed by atoms with E-state index in [-0.39, 0.29) is 16.5 Å². The van der Waals surface area contributed by atoms with Crippen molar-refractivity contribution in [1.82, 2.24) is 14.3 Å². The number of halogens is 1. The van der Waals surface area contributed by atoms with E-state index in [9.17, 15) is 17.6 Å². The maximum absolute atomic E-state index is 13.1. The summed E-state index contributed by atoms with van der Waals surface area (Å²) in [5.74, 6) is 0.127. The molecule has 1 atom stereocenters. The number of aromatic nitrogens is 2. The maximum Gasteiger partial charge on any atom is 0.258 e. The summed E-state index contributed by atoms with van der Waals surface area (Å²) in [5, 5.41) is 0.550. The largest absolute Gasteiger partial charge is 0.324 e. The Hall–Kier alpha value is -2.62. The topological polar surface area (TPSA) is 87.6 Å². The van der Waals surface area contributed by atoms with E-state index in [4.69, 9.17) is 0 Å². The molecule has 0 radical (unpaired) electrons. The number of aromatic amines is 1. The standard InChI is InChI=1S/C20H21FN4O3S/c1-14(19-22-18-5-3-2-4-17(18)20(26)23-19)24-10-12-25(13-11-24)29(27,28)16-8-6-15(21)7-9-16/h2-9,14H,10-13H2,1H3,(H,22,23,26)/p+1/t14-/m1/s1. The minimum absolute atomic E-state index is 0.0806. The van der Waals surface area contributed by atoms with Crippen LogP contribution in [0.15, 0.2) is 58.2 Å².